The molecule has 2 nitrogen and oxygen atoms in total. The molecule has 0 amide bonds. The average molecular weight is 290 g/mol. The molecule has 1 fully saturated rings. The zero-order valence-corrected chi connectivity index (χ0v) is 10.7. The first-order valence-corrected chi connectivity index (χ1v) is 6.29. The minimum atomic E-state index is 0.225. The first-order valence-electron chi connectivity index (χ1n) is 5.12. The van der Waals surface area contributed by atoms with E-state index in [1.165, 1.54) is 12.8 Å². The van der Waals surface area contributed by atoms with Crippen molar-refractivity contribution in [3.63, 3.8) is 0 Å². The van der Waals surface area contributed by atoms with Crippen molar-refractivity contribution in [1.29, 1.82) is 0 Å². The van der Waals surface area contributed by atoms with Gasteiger partial charge in [0.2, 0.25) is 0 Å². The quantitative estimate of drug-likeness (QED) is 0.658. The number of hydrogen-bond acceptors (Lipinski definition) is 2. The SMILES string of the molecule is NNC(CC1CC1)c1ccc(Br)c(Cl)c1. The van der Waals surface area contributed by atoms with Gasteiger partial charge in [-0.1, -0.05) is 30.5 Å². The molecule has 1 unspecified atom stereocenters. The molecule has 1 atom stereocenters. The predicted octanol–water partition coefficient (Wildman–Crippen LogP) is 3.41. The second kappa shape index (κ2) is 4.83. The summed E-state index contributed by atoms with van der Waals surface area (Å²) in [6.45, 7) is 0. The summed E-state index contributed by atoms with van der Waals surface area (Å²) in [6, 6.07) is 6.22. The Hall–Kier alpha value is -0.0900. The molecular weight excluding hydrogens is 275 g/mol. The van der Waals surface area contributed by atoms with E-state index in [0.29, 0.717) is 0 Å². The number of hydrazine groups is 1. The fourth-order valence-corrected chi connectivity index (χ4v) is 2.15. The van der Waals surface area contributed by atoms with Crippen LogP contribution in [0, 0.1) is 5.92 Å². The summed E-state index contributed by atoms with van der Waals surface area (Å²) < 4.78 is 0.926. The van der Waals surface area contributed by atoms with Gasteiger partial charge in [-0.05, 0) is 46.0 Å². The van der Waals surface area contributed by atoms with Crippen molar-refractivity contribution in [2.24, 2.45) is 11.8 Å². The standard InChI is InChI=1S/C11H14BrClN2/c12-9-4-3-8(6-10(9)13)11(15-14)5-7-1-2-7/h3-4,6-7,11,15H,1-2,5,14H2. The molecule has 1 aromatic carbocycles. The van der Waals surface area contributed by atoms with E-state index in [-0.39, 0.29) is 6.04 Å². The van der Waals surface area contributed by atoms with E-state index < -0.39 is 0 Å². The molecular formula is C11H14BrClN2. The minimum Gasteiger partial charge on any atom is -0.271 e. The van der Waals surface area contributed by atoms with Crippen molar-refractivity contribution < 1.29 is 0 Å². The number of hydrogen-bond donors (Lipinski definition) is 2. The van der Waals surface area contributed by atoms with Crippen LogP contribution in [0.3, 0.4) is 0 Å². The van der Waals surface area contributed by atoms with Gasteiger partial charge >= 0.3 is 0 Å². The Morgan fingerprint density at radius 3 is 2.80 bits per heavy atom. The van der Waals surface area contributed by atoms with Crippen molar-refractivity contribution >= 4 is 27.5 Å². The lowest BCUT2D eigenvalue weighted by Gasteiger charge is -2.16. The molecule has 0 aliphatic heterocycles. The van der Waals surface area contributed by atoms with Gasteiger partial charge in [0.15, 0.2) is 0 Å². The van der Waals surface area contributed by atoms with Crippen LogP contribution < -0.4 is 11.3 Å². The molecule has 82 valence electrons. The molecule has 0 spiro atoms. The maximum absolute atomic E-state index is 6.05. The Morgan fingerprint density at radius 2 is 2.27 bits per heavy atom. The zero-order valence-electron chi connectivity index (χ0n) is 8.34. The average Bonchev–Trinajstić information content (AvgIpc) is 3.02. The van der Waals surface area contributed by atoms with Crippen molar-refractivity contribution in [1.82, 2.24) is 5.43 Å². The Morgan fingerprint density at radius 1 is 1.53 bits per heavy atom. The first-order chi connectivity index (χ1) is 7.20. The normalized spacial score (nSPS) is 17.8. The molecule has 0 aromatic heterocycles. The molecule has 3 N–H and O–H groups in total. The van der Waals surface area contributed by atoms with Crippen LogP contribution in [-0.4, -0.2) is 0 Å². The largest absolute Gasteiger partial charge is 0.271 e. The van der Waals surface area contributed by atoms with E-state index in [0.717, 1.165) is 27.4 Å². The van der Waals surface area contributed by atoms with Crippen LogP contribution in [0.5, 0.6) is 0 Å². The first kappa shape index (κ1) is 11.4. The molecule has 2 rings (SSSR count). The fraction of sp³-hybridized carbons (Fsp3) is 0.455. The molecule has 0 radical (unpaired) electrons. The topological polar surface area (TPSA) is 38.0 Å². The van der Waals surface area contributed by atoms with E-state index >= 15 is 0 Å². The van der Waals surface area contributed by atoms with Gasteiger partial charge in [0, 0.05) is 10.5 Å². The summed E-state index contributed by atoms with van der Waals surface area (Å²) in [5.41, 5.74) is 4.03. The molecule has 1 aliphatic carbocycles. The Kier molecular flexibility index (Phi) is 3.67. The van der Waals surface area contributed by atoms with Gasteiger partial charge in [-0.3, -0.25) is 11.3 Å². The van der Waals surface area contributed by atoms with Crippen LogP contribution in [0.4, 0.5) is 0 Å². The van der Waals surface area contributed by atoms with Gasteiger partial charge in [0.05, 0.1) is 5.02 Å². The molecule has 0 heterocycles. The summed E-state index contributed by atoms with van der Waals surface area (Å²) in [6.07, 6.45) is 3.78. The number of nitrogens with one attached hydrogen (secondary N) is 1. The Balaban J connectivity index is 2.13. The number of benzene rings is 1. The highest BCUT2D eigenvalue weighted by atomic mass is 79.9. The third kappa shape index (κ3) is 2.94. The molecule has 0 saturated heterocycles. The van der Waals surface area contributed by atoms with Gasteiger partial charge in [0.1, 0.15) is 0 Å². The van der Waals surface area contributed by atoms with Crippen molar-refractivity contribution in [2.45, 2.75) is 25.3 Å². The lowest BCUT2D eigenvalue weighted by atomic mass is 10.0. The molecule has 4 heteroatoms. The van der Waals surface area contributed by atoms with E-state index in [2.05, 4.69) is 27.4 Å². The van der Waals surface area contributed by atoms with Crippen LogP contribution in [0.25, 0.3) is 0 Å². The van der Waals surface area contributed by atoms with Crippen LogP contribution >= 0.6 is 27.5 Å². The Labute approximate surface area is 103 Å². The van der Waals surface area contributed by atoms with E-state index in [1.807, 2.05) is 12.1 Å². The second-order valence-corrected chi connectivity index (χ2v) is 5.33. The van der Waals surface area contributed by atoms with Crippen molar-refractivity contribution in [3.8, 4) is 0 Å². The third-order valence-corrected chi connectivity index (χ3v) is 4.05. The number of rotatable bonds is 4. The highest BCUT2D eigenvalue weighted by molar-refractivity contribution is 9.10. The summed E-state index contributed by atoms with van der Waals surface area (Å²) in [5.74, 6) is 6.41. The van der Waals surface area contributed by atoms with Gasteiger partial charge < -0.3 is 0 Å². The fourth-order valence-electron chi connectivity index (χ4n) is 1.72. The zero-order chi connectivity index (χ0) is 10.8. The summed E-state index contributed by atoms with van der Waals surface area (Å²) in [5, 5.41) is 0.739. The molecule has 1 aromatic rings. The van der Waals surface area contributed by atoms with Crippen LogP contribution in [-0.2, 0) is 0 Å². The van der Waals surface area contributed by atoms with Crippen LogP contribution in [0.15, 0.2) is 22.7 Å². The highest BCUT2D eigenvalue weighted by Gasteiger charge is 2.25. The number of nitrogens with two attached hydrogens (primary N) is 1. The molecule has 15 heavy (non-hydrogen) atoms. The van der Waals surface area contributed by atoms with E-state index in [9.17, 15) is 0 Å². The second-order valence-electron chi connectivity index (χ2n) is 4.07. The van der Waals surface area contributed by atoms with Crippen LogP contribution in [0.2, 0.25) is 5.02 Å². The molecule has 0 bridgehead atoms. The predicted molar refractivity (Wildman–Crippen MR) is 66.6 cm³/mol. The smallest absolute Gasteiger partial charge is 0.0551 e. The van der Waals surface area contributed by atoms with Crippen LogP contribution in [0.1, 0.15) is 30.9 Å². The van der Waals surface area contributed by atoms with Gasteiger partial charge in [-0.2, -0.15) is 0 Å². The van der Waals surface area contributed by atoms with E-state index in [4.69, 9.17) is 17.4 Å². The summed E-state index contributed by atoms with van der Waals surface area (Å²) in [7, 11) is 0. The molecule has 1 saturated carbocycles. The maximum atomic E-state index is 6.05. The monoisotopic (exact) mass is 288 g/mol. The maximum Gasteiger partial charge on any atom is 0.0551 e. The summed E-state index contributed by atoms with van der Waals surface area (Å²) >= 11 is 9.43. The van der Waals surface area contributed by atoms with Crippen molar-refractivity contribution in [3.05, 3.63) is 33.3 Å². The molecule has 1 aliphatic rings. The van der Waals surface area contributed by atoms with Crippen molar-refractivity contribution in [2.75, 3.05) is 0 Å². The minimum absolute atomic E-state index is 0.225. The third-order valence-electron chi connectivity index (χ3n) is 2.81. The van der Waals surface area contributed by atoms with Gasteiger partial charge in [0.25, 0.3) is 0 Å². The summed E-state index contributed by atoms with van der Waals surface area (Å²) in [4.78, 5) is 0. The van der Waals surface area contributed by atoms with Gasteiger partial charge in [-0.15, -0.1) is 0 Å². The highest BCUT2D eigenvalue weighted by Crippen LogP contribution is 2.38. The lowest BCUT2D eigenvalue weighted by molar-refractivity contribution is 0.487. The van der Waals surface area contributed by atoms with Gasteiger partial charge in [-0.25, -0.2) is 0 Å². The lowest BCUT2D eigenvalue weighted by Crippen LogP contribution is -2.28. The number of halogens is 2. The Bertz CT molecular complexity index is 352. The van der Waals surface area contributed by atoms with E-state index in [1.54, 1.807) is 0 Å².